The van der Waals surface area contributed by atoms with Crippen LogP contribution in [0.3, 0.4) is 0 Å². The summed E-state index contributed by atoms with van der Waals surface area (Å²) in [7, 11) is 0. The van der Waals surface area contributed by atoms with Gasteiger partial charge in [0.1, 0.15) is 18.1 Å². The highest BCUT2D eigenvalue weighted by molar-refractivity contribution is 9.10. The maximum absolute atomic E-state index is 12.8. The Bertz CT molecular complexity index is 1370. The molecule has 0 spiro atoms. The van der Waals surface area contributed by atoms with Crippen molar-refractivity contribution in [3.8, 4) is 5.75 Å². The number of benzene rings is 2. The number of furan rings is 1. The fourth-order valence-electron chi connectivity index (χ4n) is 3.34. The maximum atomic E-state index is 12.8. The van der Waals surface area contributed by atoms with E-state index in [1.807, 2.05) is 26.0 Å². The Morgan fingerprint density at radius 2 is 1.88 bits per heavy atom. The number of nitrogens with one attached hydrogen (secondary N) is 1. The quantitative estimate of drug-likeness (QED) is 0.242. The van der Waals surface area contributed by atoms with Gasteiger partial charge in [-0.05, 0) is 61.9 Å². The van der Waals surface area contributed by atoms with Gasteiger partial charge < -0.3 is 14.5 Å². The molecule has 4 aromatic rings. The minimum atomic E-state index is -0.386. The molecule has 0 fully saturated rings. The van der Waals surface area contributed by atoms with Crippen LogP contribution in [0, 0.1) is 13.8 Å². The second-order valence-electron chi connectivity index (χ2n) is 7.52. The van der Waals surface area contributed by atoms with Gasteiger partial charge in [0.25, 0.3) is 5.91 Å². The molecule has 0 saturated heterocycles. The Kier molecular flexibility index (Phi) is 7.57. The highest BCUT2D eigenvalue weighted by Crippen LogP contribution is 2.29. The Morgan fingerprint density at radius 3 is 2.62 bits per heavy atom. The van der Waals surface area contributed by atoms with Crippen LogP contribution in [0.5, 0.6) is 5.75 Å². The summed E-state index contributed by atoms with van der Waals surface area (Å²) in [5.41, 5.74) is 2.95. The molecule has 0 bridgehead atoms. The zero-order valence-electron chi connectivity index (χ0n) is 18.2. The molecule has 6 nitrogen and oxygen atoms in total. The maximum Gasteiger partial charge on any atom is 0.291 e. The number of hydrogen-bond donors (Lipinski definition) is 1. The number of carbonyl (C=O) groups excluding carboxylic acids is 1. The van der Waals surface area contributed by atoms with Gasteiger partial charge in [-0.15, -0.1) is 0 Å². The lowest BCUT2D eigenvalue weighted by Gasteiger charge is -2.08. The number of anilines is 1. The first-order valence-corrected chi connectivity index (χ1v) is 12.1. The molecular formula is C24H19BrCl3N3O3. The number of nitrogens with zero attached hydrogens (tertiary/aromatic N) is 2. The molecular weight excluding hydrogens is 565 g/mol. The van der Waals surface area contributed by atoms with E-state index < -0.39 is 0 Å². The zero-order chi connectivity index (χ0) is 24.4. The van der Waals surface area contributed by atoms with Crippen molar-refractivity contribution in [1.29, 1.82) is 0 Å². The molecule has 0 aliphatic rings. The number of amides is 1. The number of hydrogen-bond acceptors (Lipinski definition) is 4. The van der Waals surface area contributed by atoms with Crippen molar-refractivity contribution in [2.75, 3.05) is 5.32 Å². The van der Waals surface area contributed by atoms with Crippen LogP contribution in [0.2, 0.25) is 15.1 Å². The largest absolute Gasteiger partial charge is 0.484 e. The minimum Gasteiger partial charge on any atom is -0.484 e. The first-order valence-electron chi connectivity index (χ1n) is 10.2. The van der Waals surface area contributed by atoms with Crippen molar-refractivity contribution in [1.82, 2.24) is 9.78 Å². The molecule has 10 heteroatoms. The van der Waals surface area contributed by atoms with Crippen LogP contribution < -0.4 is 10.1 Å². The fraction of sp³-hybridized carbons (Fsp3) is 0.167. The van der Waals surface area contributed by atoms with E-state index in [0.717, 1.165) is 15.7 Å². The molecule has 0 saturated carbocycles. The first-order chi connectivity index (χ1) is 16.2. The molecule has 2 aromatic heterocycles. The van der Waals surface area contributed by atoms with Crippen molar-refractivity contribution in [2.45, 2.75) is 27.0 Å². The number of aryl methyl sites for hydroxylation is 1. The fourth-order valence-corrected chi connectivity index (χ4v) is 4.53. The molecule has 2 heterocycles. The molecule has 1 amide bonds. The van der Waals surface area contributed by atoms with Crippen LogP contribution in [0.4, 0.5) is 5.69 Å². The molecule has 34 heavy (non-hydrogen) atoms. The molecule has 176 valence electrons. The molecule has 0 unspecified atom stereocenters. The molecule has 1 N–H and O–H groups in total. The Labute approximate surface area is 219 Å². The van der Waals surface area contributed by atoms with E-state index in [1.165, 1.54) is 0 Å². The van der Waals surface area contributed by atoms with Crippen LogP contribution in [-0.4, -0.2) is 15.7 Å². The minimum absolute atomic E-state index is 0.131. The van der Waals surface area contributed by atoms with Crippen molar-refractivity contribution in [3.63, 3.8) is 0 Å². The van der Waals surface area contributed by atoms with E-state index in [1.54, 1.807) is 41.1 Å². The molecule has 0 atom stereocenters. The SMILES string of the molecule is Cc1nn(Cc2ccc(Cl)cc2Cl)c(C)c1NC(=O)c1ccc(COc2ccc(Br)cc2Cl)o1. The lowest BCUT2D eigenvalue weighted by Crippen LogP contribution is -2.12. The summed E-state index contributed by atoms with van der Waals surface area (Å²) >= 11 is 21.8. The van der Waals surface area contributed by atoms with Crippen molar-refractivity contribution in [2.24, 2.45) is 0 Å². The van der Waals surface area contributed by atoms with Gasteiger partial charge in [0.05, 0.1) is 28.6 Å². The summed E-state index contributed by atoms with van der Waals surface area (Å²) in [5.74, 6) is 0.786. The Balaban J connectivity index is 1.43. The lowest BCUT2D eigenvalue weighted by molar-refractivity contribution is 0.0992. The first kappa shape index (κ1) is 24.7. The second kappa shape index (κ2) is 10.4. The van der Waals surface area contributed by atoms with E-state index in [0.29, 0.717) is 44.5 Å². The third-order valence-corrected chi connectivity index (χ3v) is 6.48. The monoisotopic (exact) mass is 581 g/mol. The van der Waals surface area contributed by atoms with Crippen LogP contribution >= 0.6 is 50.7 Å². The van der Waals surface area contributed by atoms with Gasteiger partial charge in [0, 0.05) is 14.5 Å². The summed E-state index contributed by atoms with van der Waals surface area (Å²) in [6.07, 6.45) is 0. The second-order valence-corrected chi connectivity index (χ2v) is 9.69. The van der Waals surface area contributed by atoms with Crippen molar-refractivity contribution < 1.29 is 13.9 Å². The number of ether oxygens (including phenoxy) is 1. The van der Waals surface area contributed by atoms with E-state index >= 15 is 0 Å². The average molecular weight is 584 g/mol. The molecule has 4 rings (SSSR count). The van der Waals surface area contributed by atoms with Gasteiger partial charge in [0.2, 0.25) is 0 Å². The number of rotatable bonds is 7. The third-order valence-electron chi connectivity index (χ3n) is 5.10. The Hall–Kier alpha value is -2.45. The normalized spacial score (nSPS) is 11.0. The summed E-state index contributed by atoms with van der Waals surface area (Å²) < 4.78 is 14.0. The summed E-state index contributed by atoms with van der Waals surface area (Å²) in [4.78, 5) is 12.8. The third kappa shape index (κ3) is 5.61. The van der Waals surface area contributed by atoms with E-state index in [9.17, 15) is 4.79 Å². The highest BCUT2D eigenvalue weighted by Gasteiger charge is 2.18. The molecule has 0 radical (unpaired) electrons. The van der Waals surface area contributed by atoms with Gasteiger partial charge >= 0.3 is 0 Å². The van der Waals surface area contributed by atoms with E-state index in [2.05, 4.69) is 26.3 Å². The van der Waals surface area contributed by atoms with Gasteiger partial charge in [-0.1, -0.05) is 56.8 Å². The zero-order valence-corrected chi connectivity index (χ0v) is 22.0. The highest BCUT2D eigenvalue weighted by atomic mass is 79.9. The van der Waals surface area contributed by atoms with Gasteiger partial charge in [-0.25, -0.2) is 0 Å². The topological polar surface area (TPSA) is 69.3 Å². The van der Waals surface area contributed by atoms with Crippen molar-refractivity contribution >= 4 is 62.3 Å². The molecule has 2 aromatic carbocycles. The number of carbonyl (C=O) groups is 1. The van der Waals surface area contributed by atoms with Crippen LogP contribution in [-0.2, 0) is 13.2 Å². The van der Waals surface area contributed by atoms with E-state index in [-0.39, 0.29) is 18.3 Å². The predicted molar refractivity (Wildman–Crippen MR) is 137 cm³/mol. The smallest absolute Gasteiger partial charge is 0.291 e. The average Bonchev–Trinajstić information content (AvgIpc) is 3.35. The van der Waals surface area contributed by atoms with Crippen molar-refractivity contribution in [3.05, 3.63) is 96.5 Å². The van der Waals surface area contributed by atoms with Gasteiger partial charge in [-0.3, -0.25) is 9.48 Å². The summed E-state index contributed by atoms with van der Waals surface area (Å²) in [5, 5.41) is 9.03. The number of halogens is 4. The standard InChI is InChI=1S/C24H19BrCl3N3O3/c1-13-23(14(2)31(30-13)11-15-3-5-17(26)10-19(15)27)29-24(32)22-8-6-18(34-22)12-33-21-7-4-16(25)9-20(21)28/h3-10H,11-12H2,1-2H3,(H,29,32). The summed E-state index contributed by atoms with van der Waals surface area (Å²) in [6.45, 7) is 4.28. The lowest BCUT2D eigenvalue weighted by atomic mass is 10.2. The molecule has 0 aliphatic heterocycles. The van der Waals surface area contributed by atoms with Crippen LogP contribution in [0.1, 0.15) is 33.3 Å². The Morgan fingerprint density at radius 1 is 1.09 bits per heavy atom. The van der Waals surface area contributed by atoms with Gasteiger partial charge in [0.15, 0.2) is 5.76 Å². The van der Waals surface area contributed by atoms with Gasteiger partial charge in [-0.2, -0.15) is 5.10 Å². The van der Waals surface area contributed by atoms with Crippen LogP contribution in [0.25, 0.3) is 0 Å². The van der Waals surface area contributed by atoms with Crippen LogP contribution in [0.15, 0.2) is 57.4 Å². The number of aromatic nitrogens is 2. The molecule has 0 aliphatic carbocycles. The summed E-state index contributed by atoms with van der Waals surface area (Å²) in [6, 6.07) is 13.9. The van der Waals surface area contributed by atoms with E-state index in [4.69, 9.17) is 44.0 Å². The predicted octanol–water partition coefficient (Wildman–Crippen LogP) is 7.70.